The molecule has 1 saturated heterocycles. The van der Waals surface area contributed by atoms with E-state index >= 15 is 0 Å². The van der Waals surface area contributed by atoms with E-state index in [4.69, 9.17) is 15.2 Å². The molecule has 0 spiro atoms. The van der Waals surface area contributed by atoms with Crippen LogP contribution in [0.3, 0.4) is 0 Å². The minimum Gasteiger partial charge on any atom is -0.488 e. The van der Waals surface area contributed by atoms with Crippen LogP contribution in [-0.4, -0.2) is 54.1 Å². The molecule has 3 rings (SSSR count). The normalized spacial score (nSPS) is 15.7. The number of benzene rings is 1. The SMILES string of the molecule is C\C(=N/C(=C\C(N)=N/N=C/c1cccc(C)c1)N1CCCCC1)OCCOc1cccnc1. The van der Waals surface area contributed by atoms with Crippen LogP contribution in [0.1, 0.15) is 37.3 Å². The van der Waals surface area contributed by atoms with Crippen LogP contribution >= 0.6 is 0 Å². The van der Waals surface area contributed by atoms with E-state index in [2.05, 4.69) is 25.1 Å². The third kappa shape index (κ3) is 8.76. The summed E-state index contributed by atoms with van der Waals surface area (Å²) in [5.74, 6) is 2.26. The van der Waals surface area contributed by atoms with Gasteiger partial charge in [-0.1, -0.05) is 29.8 Å². The molecule has 0 unspecified atom stereocenters. The topological polar surface area (TPSA) is 97.7 Å². The summed E-state index contributed by atoms with van der Waals surface area (Å²) in [5.41, 5.74) is 8.27. The van der Waals surface area contributed by atoms with E-state index in [-0.39, 0.29) is 5.84 Å². The van der Waals surface area contributed by atoms with E-state index in [1.807, 2.05) is 50.2 Å². The van der Waals surface area contributed by atoms with Gasteiger partial charge in [-0.15, -0.1) is 5.10 Å². The number of rotatable bonds is 9. The van der Waals surface area contributed by atoms with Gasteiger partial charge in [0.1, 0.15) is 30.6 Å². The Morgan fingerprint density at radius 3 is 2.76 bits per heavy atom. The predicted octanol–water partition coefficient (Wildman–Crippen LogP) is 3.92. The lowest BCUT2D eigenvalue weighted by molar-refractivity contribution is 0.206. The van der Waals surface area contributed by atoms with Crippen molar-refractivity contribution < 1.29 is 9.47 Å². The zero-order chi connectivity index (χ0) is 23.3. The van der Waals surface area contributed by atoms with Crippen LogP contribution in [0, 0.1) is 6.92 Å². The van der Waals surface area contributed by atoms with Gasteiger partial charge in [-0.25, -0.2) is 4.99 Å². The summed E-state index contributed by atoms with van der Waals surface area (Å²) < 4.78 is 11.4. The first kappa shape index (κ1) is 24.0. The highest BCUT2D eigenvalue weighted by atomic mass is 16.5. The standard InChI is InChI=1S/C25H32N6O2/c1-20-8-6-9-22(16-20)18-28-30-24(26)17-25(31-12-4-3-5-13-31)29-21(2)32-14-15-33-23-10-7-11-27-19-23/h6-11,16-19H,3-5,12-15H2,1-2H3,(H2,26,30)/b25-17+,28-18+,29-21+. The zero-order valence-electron chi connectivity index (χ0n) is 19.4. The van der Waals surface area contributed by atoms with Gasteiger partial charge in [0.15, 0.2) is 5.90 Å². The minimum absolute atomic E-state index is 0.288. The lowest BCUT2D eigenvalue weighted by Crippen LogP contribution is -2.30. The van der Waals surface area contributed by atoms with Crippen LogP contribution < -0.4 is 10.5 Å². The highest BCUT2D eigenvalue weighted by molar-refractivity contribution is 5.93. The van der Waals surface area contributed by atoms with Crippen molar-refractivity contribution in [2.24, 2.45) is 20.9 Å². The van der Waals surface area contributed by atoms with Crippen LogP contribution in [0.2, 0.25) is 0 Å². The van der Waals surface area contributed by atoms with Crippen molar-refractivity contribution in [3.05, 3.63) is 71.8 Å². The molecule has 2 aromatic rings. The van der Waals surface area contributed by atoms with Gasteiger partial charge in [0, 0.05) is 32.3 Å². The molecular weight excluding hydrogens is 416 g/mol. The van der Waals surface area contributed by atoms with Crippen molar-refractivity contribution in [3.63, 3.8) is 0 Å². The van der Waals surface area contributed by atoms with Crippen LogP contribution in [0.5, 0.6) is 5.75 Å². The Hall–Kier alpha value is -3.68. The number of aryl methyl sites for hydroxylation is 1. The van der Waals surface area contributed by atoms with E-state index < -0.39 is 0 Å². The highest BCUT2D eigenvalue weighted by Crippen LogP contribution is 2.16. The Morgan fingerprint density at radius 2 is 2.00 bits per heavy atom. The number of nitrogens with zero attached hydrogens (tertiary/aromatic N) is 5. The smallest absolute Gasteiger partial charge is 0.186 e. The molecule has 0 radical (unpaired) electrons. The maximum absolute atomic E-state index is 6.13. The first-order valence-corrected chi connectivity index (χ1v) is 11.2. The van der Waals surface area contributed by atoms with Gasteiger partial charge in [-0.05, 0) is 43.9 Å². The maximum atomic E-state index is 6.13. The minimum atomic E-state index is 0.288. The fourth-order valence-electron chi connectivity index (χ4n) is 3.37. The van der Waals surface area contributed by atoms with E-state index in [1.54, 1.807) is 24.7 Å². The second kappa shape index (κ2) is 13.0. The Bertz CT molecular complexity index is 995. The van der Waals surface area contributed by atoms with Crippen molar-refractivity contribution in [1.29, 1.82) is 0 Å². The summed E-state index contributed by atoms with van der Waals surface area (Å²) >= 11 is 0. The summed E-state index contributed by atoms with van der Waals surface area (Å²) in [5, 5.41) is 8.25. The van der Waals surface area contributed by atoms with Gasteiger partial charge in [-0.2, -0.15) is 5.10 Å². The Labute approximate surface area is 195 Å². The molecule has 33 heavy (non-hydrogen) atoms. The lowest BCUT2D eigenvalue weighted by atomic mass is 10.1. The van der Waals surface area contributed by atoms with Gasteiger partial charge in [0.05, 0.1) is 12.4 Å². The molecule has 8 heteroatoms. The fraction of sp³-hybridized carbons (Fsp3) is 0.360. The molecule has 0 aliphatic carbocycles. The number of amidine groups is 1. The van der Waals surface area contributed by atoms with Crippen LogP contribution in [0.25, 0.3) is 0 Å². The summed E-state index contributed by atoms with van der Waals surface area (Å²) in [4.78, 5) is 10.9. The number of piperidine rings is 1. The highest BCUT2D eigenvalue weighted by Gasteiger charge is 2.14. The lowest BCUT2D eigenvalue weighted by Gasteiger charge is -2.28. The van der Waals surface area contributed by atoms with Crippen LogP contribution in [0.15, 0.2) is 75.9 Å². The monoisotopic (exact) mass is 448 g/mol. The summed E-state index contributed by atoms with van der Waals surface area (Å²) in [6.07, 6.45) is 10.3. The van der Waals surface area contributed by atoms with E-state index in [0.717, 1.165) is 37.3 Å². The number of hydrogen-bond donors (Lipinski definition) is 1. The molecule has 1 fully saturated rings. The Balaban J connectivity index is 1.63. The fourth-order valence-corrected chi connectivity index (χ4v) is 3.37. The van der Waals surface area contributed by atoms with Crippen LogP contribution in [-0.2, 0) is 4.74 Å². The largest absolute Gasteiger partial charge is 0.488 e. The van der Waals surface area contributed by atoms with Crippen molar-refractivity contribution in [3.8, 4) is 5.75 Å². The van der Waals surface area contributed by atoms with Crippen molar-refractivity contribution in [2.45, 2.75) is 33.1 Å². The van der Waals surface area contributed by atoms with Crippen molar-refractivity contribution in [1.82, 2.24) is 9.88 Å². The Morgan fingerprint density at radius 1 is 1.15 bits per heavy atom. The number of hydrogen-bond acceptors (Lipinski definition) is 7. The van der Waals surface area contributed by atoms with Crippen LogP contribution in [0.4, 0.5) is 0 Å². The van der Waals surface area contributed by atoms with Crippen molar-refractivity contribution in [2.75, 3.05) is 26.3 Å². The molecule has 0 bridgehead atoms. The number of nitrogens with two attached hydrogens (primary N) is 1. The Kier molecular flexibility index (Phi) is 9.45. The van der Waals surface area contributed by atoms with Gasteiger partial charge in [-0.3, -0.25) is 4.98 Å². The first-order valence-electron chi connectivity index (χ1n) is 11.2. The number of aliphatic imine (C=N–C) groups is 1. The number of ether oxygens (including phenoxy) is 2. The second-order valence-electron chi connectivity index (χ2n) is 7.75. The average molecular weight is 449 g/mol. The zero-order valence-corrected chi connectivity index (χ0v) is 19.4. The third-order valence-corrected chi connectivity index (χ3v) is 4.95. The van der Waals surface area contributed by atoms with E-state index in [0.29, 0.717) is 24.9 Å². The molecular formula is C25H32N6O2. The van der Waals surface area contributed by atoms with E-state index in [9.17, 15) is 0 Å². The van der Waals surface area contributed by atoms with Gasteiger partial charge < -0.3 is 20.1 Å². The molecule has 1 aromatic carbocycles. The van der Waals surface area contributed by atoms with Crippen molar-refractivity contribution >= 4 is 17.9 Å². The second-order valence-corrected chi connectivity index (χ2v) is 7.75. The maximum Gasteiger partial charge on any atom is 0.186 e. The number of pyridine rings is 1. The quantitative estimate of drug-likeness (QED) is 0.271. The van der Waals surface area contributed by atoms with E-state index in [1.165, 1.54) is 12.0 Å². The predicted molar refractivity (Wildman–Crippen MR) is 133 cm³/mol. The first-order chi connectivity index (χ1) is 16.1. The average Bonchev–Trinajstić information content (AvgIpc) is 2.83. The molecule has 0 amide bonds. The molecule has 2 N–H and O–H groups in total. The molecule has 174 valence electrons. The summed E-state index contributed by atoms with van der Waals surface area (Å²) in [6, 6.07) is 11.7. The van der Waals surface area contributed by atoms with Gasteiger partial charge >= 0.3 is 0 Å². The summed E-state index contributed by atoms with van der Waals surface area (Å²) in [7, 11) is 0. The van der Waals surface area contributed by atoms with Gasteiger partial charge in [0.2, 0.25) is 0 Å². The summed E-state index contributed by atoms with van der Waals surface area (Å²) in [6.45, 7) is 6.49. The third-order valence-electron chi connectivity index (χ3n) is 4.95. The molecule has 2 heterocycles. The molecule has 1 aliphatic heterocycles. The molecule has 0 atom stereocenters. The molecule has 0 saturated carbocycles. The number of aromatic nitrogens is 1. The number of likely N-dealkylation sites (tertiary alicyclic amines) is 1. The molecule has 1 aliphatic rings. The molecule has 8 nitrogen and oxygen atoms in total. The van der Waals surface area contributed by atoms with Gasteiger partial charge in [0.25, 0.3) is 0 Å². The molecule has 1 aromatic heterocycles.